The lowest BCUT2D eigenvalue weighted by atomic mass is 9.53. The molecule has 222 valence electrons. The molecule has 10 heteroatoms. The van der Waals surface area contributed by atoms with Crippen molar-refractivity contribution in [2.75, 3.05) is 24.9 Å². The maximum Gasteiger partial charge on any atom is 0.409 e. The molecule has 1 aliphatic carbocycles. The van der Waals surface area contributed by atoms with E-state index in [1.54, 1.807) is 23.1 Å². The number of aromatic nitrogens is 2. The van der Waals surface area contributed by atoms with Crippen molar-refractivity contribution >= 4 is 22.1 Å². The summed E-state index contributed by atoms with van der Waals surface area (Å²) >= 11 is 0. The molecule has 2 aliphatic heterocycles. The topological polar surface area (TPSA) is 111 Å². The van der Waals surface area contributed by atoms with Gasteiger partial charge in [0.2, 0.25) is 11.8 Å². The lowest BCUT2D eigenvalue weighted by molar-refractivity contribution is -0.0261. The Morgan fingerprint density at radius 1 is 1.05 bits per heavy atom. The number of nitrogens with one attached hydrogen (secondary N) is 1. The molecular formula is C32H38N4O5S. The molecule has 1 unspecified atom stereocenters. The molecule has 0 radical (unpaired) electrons. The molecule has 1 saturated heterocycles. The molecule has 9 nitrogen and oxygen atoms in total. The summed E-state index contributed by atoms with van der Waals surface area (Å²) in [6.07, 6.45) is 4.31. The first-order valence-electron chi connectivity index (χ1n) is 14.6. The van der Waals surface area contributed by atoms with Crippen molar-refractivity contribution in [2.24, 2.45) is 11.3 Å². The van der Waals surface area contributed by atoms with E-state index in [1.165, 1.54) is 7.11 Å². The smallest absolute Gasteiger partial charge is 0.409 e. The molecule has 2 fully saturated rings. The van der Waals surface area contributed by atoms with Crippen LogP contribution >= 0.6 is 0 Å². The number of sulfonamides is 1. The van der Waals surface area contributed by atoms with Gasteiger partial charge in [-0.15, -0.1) is 0 Å². The van der Waals surface area contributed by atoms with Crippen molar-refractivity contribution in [1.29, 1.82) is 0 Å². The van der Waals surface area contributed by atoms with E-state index in [0.29, 0.717) is 30.6 Å². The lowest BCUT2D eigenvalue weighted by Gasteiger charge is -2.54. The third kappa shape index (κ3) is 5.44. The van der Waals surface area contributed by atoms with Gasteiger partial charge in [-0.1, -0.05) is 30.3 Å². The lowest BCUT2D eigenvalue weighted by Crippen LogP contribution is -2.50. The molecule has 2 atom stereocenters. The average Bonchev–Trinajstić information content (AvgIpc) is 2.93. The second kappa shape index (κ2) is 10.9. The Morgan fingerprint density at radius 3 is 2.43 bits per heavy atom. The summed E-state index contributed by atoms with van der Waals surface area (Å²) in [4.78, 5) is 23.1. The quantitative estimate of drug-likeness (QED) is 0.385. The number of rotatable bonds is 2. The molecule has 3 aliphatic rings. The number of amides is 1. The molecule has 3 heterocycles. The van der Waals surface area contributed by atoms with Gasteiger partial charge in [-0.05, 0) is 98.9 Å². The van der Waals surface area contributed by atoms with Gasteiger partial charge in [0.05, 0.1) is 23.8 Å². The van der Waals surface area contributed by atoms with Crippen molar-refractivity contribution < 1.29 is 22.7 Å². The first-order chi connectivity index (χ1) is 20.1. The van der Waals surface area contributed by atoms with Gasteiger partial charge in [0.15, 0.2) is 0 Å². The monoisotopic (exact) mass is 590 g/mol. The van der Waals surface area contributed by atoms with E-state index in [4.69, 9.17) is 9.47 Å². The zero-order valence-corrected chi connectivity index (χ0v) is 25.4. The fourth-order valence-electron chi connectivity index (χ4n) is 7.22. The van der Waals surface area contributed by atoms with Crippen LogP contribution in [0.3, 0.4) is 0 Å². The number of piperidine rings is 1. The number of benzene rings is 2. The average molecular weight is 591 g/mol. The van der Waals surface area contributed by atoms with Crippen LogP contribution in [-0.2, 0) is 14.8 Å². The Labute approximate surface area is 247 Å². The third-order valence-electron chi connectivity index (χ3n) is 9.39. The number of aryl methyl sites for hydroxylation is 2. The number of ether oxygens (including phenoxy) is 2. The molecule has 2 aromatic carbocycles. The summed E-state index contributed by atoms with van der Waals surface area (Å²) < 4.78 is 41.1. The second-order valence-electron chi connectivity index (χ2n) is 12.3. The van der Waals surface area contributed by atoms with Crippen LogP contribution in [0.4, 0.5) is 10.7 Å². The fraction of sp³-hybridized carbons (Fsp3) is 0.469. The van der Waals surface area contributed by atoms with Crippen LogP contribution in [0.1, 0.15) is 61.6 Å². The Kier molecular flexibility index (Phi) is 7.37. The van der Waals surface area contributed by atoms with Crippen molar-refractivity contribution in [2.45, 2.75) is 69.8 Å². The zero-order chi connectivity index (χ0) is 29.6. The van der Waals surface area contributed by atoms with Gasteiger partial charge in [-0.25, -0.2) is 22.9 Å². The van der Waals surface area contributed by atoms with Crippen LogP contribution in [0.2, 0.25) is 0 Å². The van der Waals surface area contributed by atoms with Crippen molar-refractivity contribution in [3.05, 3.63) is 65.2 Å². The van der Waals surface area contributed by atoms with E-state index in [2.05, 4.69) is 21.6 Å². The van der Waals surface area contributed by atoms with Gasteiger partial charge in [0.1, 0.15) is 0 Å². The van der Waals surface area contributed by atoms with Gasteiger partial charge in [0.25, 0.3) is 10.0 Å². The van der Waals surface area contributed by atoms with Crippen LogP contribution in [0, 0.1) is 25.2 Å². The highest BCUT2D eigenvalue weighted by Gasteiger charge is 2.49. The SMILES string of the molecule is COC(=O)N1CCC2(CC1)CC(C1C[C@@H](C)Oc3cc(-c4c(C)cccc4C)nc(n3)NS(=O)(=O)c3cccc1c3)C2. The summed E-state index contributed by atoms with van der Waals surface area (Å²) in [5.74, 6) is 0.842. The van der Waals surface area contributed by atoms with Gasteiger partial charge in [-0.2, -0.15) is 4.98 Å². The van der Waals surface area contributed by atoms with Crippen molar-refractivity contribution in [1.82, 2.24) is 14.9 Å². The third-order valence-corrected chi connectivity index (χ3v) is 10.7. The Balaban J connectivity index is 1.31. The van der Waals surface area contributed by atoms with Crippen molar-refractivity contribution in [3.8, 4) is 17.1 Å². The van der Waals surface area contributed by atoms with Gasteiger partial charge < -0.3 is 14.4 Å². The van der Waals surface area contributed by atoms with Gasteiger partial charge >= 0.3 is 6.09 Å². The standard InChI is InChI=1S/C32H38N4O5S/c1-20-7-5-8-21(2)29(20)27-17-28-34-30(33-27)35-42(38,39)25-10-6-9-23(16-25)26(15-22(3)41-28)24-18-32(19-24)11-13-36(14-12-32)31(37)40-4/h5-10,16-17,22,24,26H,11-15,18-19H2,1-4H3,(H,33,34,35)/t22-,26?/m1/s1. The summed E-state index contributed by atoms with van der Waals surface area (Å²) in [6, 6.07) is 15.1. The maximum absolute atomic E-state index is 13.6. The first kappa shape index (κ1) is 28.5. The predicted molar refractivity (Wildman–Crippen MR) is 160 cm³/mol. The Morgan fingerprint density at radius 2 is 1.74 bits per heavy atom. The number of methoxy groups -OCH3 is 1. The van der Waals surface area contributed by atoms with E-state index in [1.807, 2.05) is 44.2 Å². The summed E-state index contributed by atoms with van der Waals surface area (Å²) in [7, 11) is -2.51. The van der Waals surface area contributed by atoms with Crippen LogP contribution in [0.25, 0.3) is 11.3 Å². The minimum Gasteiger partial charge on any atom is -0.474 e. The van der Waals surface area contributed by atoms with E-state index in [0.717, 1.165) is 54.4 Å². The number of carbonyl (C=O) groups excluding carboxylic acids is 1. The highest BCUT2D eigenvalue weighted by molar-refractivity contribution is 7.92. The Hall–Kier alpha value is -3.66. The molecular weight excluding hydrogens is 552 g/mol. The number of likely N-dealkylation sites (tertiary alicyclic amines) is 1. The van der Waals surface area contributed by atoms with Crippen LogP contribution in [-0.4, -0.2) is 55.7 Å². The van der Waals surface area contributed by atoms with Gasteiger partial charge in [0, 0.05) is 24.7 Å². The molecule has 1 aromatic heterocycles. The number of anilines is 1. The number of hydrogen-bond acceptors (Lipinski definition) is 7. The molecule has 1 amide bonds. The molecule has 1 saturated carbocycles. The Bertz CT molecular complexity index is 1590. The highest BCUT2D eigenvalue weighted by atomic mass is 32.2. The summed E-state index contributed by atoms with van der Waals surface area (Å²) in [6.45, 7) is 7.49. The molecule has 1 N–H and O–H groups in total. The van der Waals surface area contributed by atoms with Crippen molar-refractivity contribution in [3.63, 3.8) is 0 Å². The molecule has 3 aromatic rings. The predicted octanol–water partition coefficient (Wildman–Crippen LogP) is 6.07. The fourth-order valence-corrected chi connectivity index (χ4v) is 8.22. The van der Waals surface area contributed by atoms with Gasteiger partial charge in [-0.3, -0.25) is 0 Å². The summed E-state index contributed by atoms with van der Waals surface area (Å²) in [5.41, 5.74) is 4.83. The summed E-state index contributed by atoms with van der Waals surface area (Å²) in [5, 5.41) is 0. The van der Waals surface area contributed by atoms with Crippen LogP contribution in [0.15, 0.2) is 53.4 Å². The molecule has 42 heavy (non-hydrogen) atoms. The van der Waals surface area contributed by atoms with E-state index >= 15 is 0 Å². The van der Waals surface area contributed by atoms with Crippen LogP contribution in [0.5, 0.6) is 5.88 Å². The number of carbonyl (C=O) groups is 1. The van der Waals surface area contributed by atoms with E-state index in [9.17, 15) is 13.2 Å². The number of nitrogens with zero attached hydrogens (tertiary/aromatic N) is 3. The number of fused-ring (bicyclic) bond motifs is 4. The minimum atomic E-state index is -3.94. The van der Waals surface area contributed by atoms with E-state index < -0.39 is 10.0 Å². The van der Waals surface area contributed by atoms with Crippen LogP contribution < -0.4 is 9.46 Å². The van der Waals surface area contributed by atoms with E-state index in [-0.39, 0.29) is 34.4 Å². The minimum absolute atomic E-state index is 0.0147. The first-order valence-corrected chi connectivity index (χ1v) is 16.1. The second-order valence-corrected chi connectivity index (χ2v) is 13.9. The zero-order valence-electron chi connectivity index (χ0n) is 24.6. The molecule has 4 bridgehead atoms. The highest BCUT2D eigenvalue weighted by Crippen LogP contribution is 2.58. The normalized spacial score (nSPS) is 23.0. The largest absolute Gasteiger partial charge is 0.474 e. The molecule has 6 rings (SSSR count). The number of hydrogen-bond donors (Lipinski definition) is 1. The molecule has 1 spiro atoms. The maximum atomic E-state index is 13.6.